The number of carboxylic acids is 2. The fraction of sp³-hybridized carbons (Fsp3) is 0.457. The number of nitrogens with two attached hydrogens (primary N) is 2. The zero-order valence-electron chi connectivity index (χ0n) is 75.7. The Morgan fingerprint density at radius 1 is 0.515 bits per heavy atom. The molecule has 1 aromatic heterocycles. The summed E-state index contributed by atoms with van der Waals surface area (Å²) in [6.07, 6.45) is -4.22. The summed E-state index contributed by atoms with van der Waals surface area (Å²) in [7, 11) is 3.54. The largest absolute Gasteiger partial charge is 0.508 e. The Labute approximate surface area is 784 Å². The van der Waals surface area contributed by atoms with Gasteiger partial charge in [-0.3, -0.25) is 86.3 Å². The second-order valence-corrected chi connectivity index (χ2v) is 34.9. The molecule has 0 unspecified atom stereocenters. The molecule has 44 heteroatoms. The number of phenols is 2. The van der Waals surface area contributed by atoms with Gasteiger partial charge in [-0.15, -0.1) is 11.8 Å². The number of rotatable bonds is 25. The lowest BCUT2D eigenvalue weighted by Gasteiger charge is -2.38. The maximum atomic E-state index is 15.7. The smallest absolute Gasteiger partial charge is 0.305 e. The summed E-state index contributed by atoms with van der Waals surface area (Å²) >= 11 is 0.572. The second kappa shape index (κ2) is 49.7. The van der Waals surface area contributed by atoms with Gasteiger partial charge in [0.15, 0.2) is 17.5 Å². The number of para-hydroxylation sites is 1. The van der Waals surface area contributed by atoms with Crippen LogP contribution < -0.4 is 59.3 Å². The van der Waals surface area contributed by atoms with E-state index in [0.717, 1.165) is 31.5 Å². The van der Waals surface area contributed by atoms with E-state index in [4.69, 9.17) is 16.2 Å². The summed E-state index contributed by atoms with van der Waals surface area (Å²) < 4.78 is 50.9. The molecule has 6 aromatic rings. The van der Waals surface area contributed by atoms with Crippen LogP contribution >= 0.6 is 11.8 Å². The molecule has 5 aromatic carbocycles. The number of halogens is 3. The van der Waals surface area contributed by atoms with Crippen LogP contribution in [0.3, 0.4) is 0 Å². The van der Waals surface area contributed by atoms with Crippen molar-refractivity contribution in [2.45, 2.75) is 196 Å². The van der Waals surface area contributed by atoms with Crippen LogP contribution in [0.1, 0.15) is 113 Å². The van der Waals surface area contributed by atoms with Crippen molar-refractivity contribution >= 4 is 129 Å². The van der Waals surface area contributed by atoms with E-state index in [2.05, 4.69) is 52.8 Å². The molecule has 13 atom stereocenters. The first-order valence-corrected chi connectivity index (χ1v) is 45.3. The lowest BCUT2D eigenvalue weighted by Crippen LogP contribution is -2.64. The molecular weight excluding hydrogens is 1800 g/mol. The number of fused-ring (bicyclic) bond motifs is 3. The van der Waals surface area contributed by atoms with Gasteiger partial charge in [0, 0.05) is 102 Å². The lowest BCUT2D eigenvalue weighted by molar-refractivity contribution is -0.152. The van der Waals surface area contributed by atoms with Gasteiger partial charge >= 0.3 is 11.9 Å². The SMILES string of the molecule is CCCC[C@H]1C(=O)N2CCC[C@@H]2C(=O)N[C@@H](CC(=O)O)C(=O)N[C@H](C(C)C)C(=O)N(C)[C@@H](Cc2ccccc2)C(=O)N[C@@H](CCC(=O)O)C(=O)N2CCOC[C@@H]2C(=O)N[C@H](Cc2c[nH]c3ccccc23)C(=O)N[C@@H](Cc2ccc(O)cc2)C(=O)N[C@@H](CCC(N)=O)C(=O)N[C@H](C(=O)NCC(N)=O)CSCC(=O)N[C@@H](Cc2cc(F)c(F)c(F)c2)C(=O)N(C)[C@@H](Cc2ccc(O)cc2)C(=O)N1C. The second-order valence-electron chi connectivity index (χ2n) is 33.9. The quantitative estimate of drug-likeness (QED) is 0.0332. The van der Waals surface area contributed by atoms with Gasteiger partial charge in [-0.1, -0.05) is 106 Å². The Hall–Kier alpha value is -14.2. The lowest BCUT2D eigenvalue weighted by atomic mass is 9.98. The summed E-state index contributed by atoms with van der Waals surface area (Å²) in [6.45, 7) is 2.51. The minimum Gasteiger partial charge on any atom is -0.508 e. The van der Waals surface area contributed by atoms with E-state index in [9.17, 15) is 68.0 Å². The van der Waals surface area contributed by atoms with Crippen molar-refractivity contribution in [3.05, 3.63) is 167 Å². The van der Waals surface area contributed by atoms with Crippen LogP contribution in [0.4, 0.5) is 13.2 Å². The number of ether oxygens (including phenoxy) is 1. The van der Waals surface area contributed by atoms with Gasteiger partial charge < -0.3 is 114 Å². The molecule has 3 aliphatic rings. The number of benzene rings is 5. The van der Waals surface area contributed by atoms with E-state index in [1.54, 1.807) is 61.5 Å². The molecule has 3 aliphatic heterocycles. The zero-order chi connectivity index (χ0) is 99.5. The molecule has 732 valence electrons. The number of aromatic hydroxyl groups is 2. The Kier molecular flexibility index (Phi) is 38.5. The normalized spacial score (nSPS) is 23.3. The zero-order valence-corrected chi connectivity index (χ0v) is 76.5. The number of amides is 16. The van der Waals surface area contributed by atoms with Crippen LogP contribution in [-0.4, -0.2) is 300 Å². The number of thioether (sulfide) groups is 1. The van der Waals surface area contributed by atoms with Gasteiger partial charge in [-0.05, 0) is 108 Å². The maximum absolute atomic E-state index is 15.7. The highest BCUT2D eigenvalue weighted by molar-refractivity contribution is 8.00. The van der Waals surface area contributed by atoms with Gasteiger partial charge in [0.1, 0.15) is 90.0 Å². The molecule has 0 bridgehead atoms. The van der Waals surface area contributed by atoms with Crippen LogP contribution in [0, 0.1) is 23.4 Å². The van der Waals surface area contributed by atoms with Crippen molar-refractivity contribution < 1.29 is 125 Å². The van der Waals surface area contributed by atoms with Gasteiger partial charge in [0.2, 0.25) is 94.5 Å². The first-order chi connectivity index (χ1) is 64.6. The van der Waals surface area contributed by atoms with Crippen LogP contribution in [0.5, 0.6) is 11.5 Å². The molecule has 40 nitrogen and oxygen atoms in total. The molecule has 0 spiro atoms. The number of morpholine rings is 1. The first-order valence-electron chi connectivity index (χ1n) is 44.2. The number of hydrogen-bond acceptors (Lipinski definition) is 22. The molecule has 3 fully saturated rings. The molecule has 18 N–H and O–H groups in total. The van der Waals surface area contributed by atoms with Crippen molar-refractivity contribution in [1.82, 2.24) is 77.3 Å². The van der Waals surface area contributed by atoms with Crippen molar-refractivity contribution in [2.24, 2.45) is 17.4 Å². The van der Waals surface area contributed by atoms with Crippen molar-refractivity contribution in [3.8, 4) is 11.5 Å². The molecule has 136 heavy (non-hydrogen) atoms. The number of H-pyrrole nitrogens is 1. The average molecular weight is 1920 g/mol. The van der Waals surface area contributed by atoms with Gasteiger partial charge in [-0.2, -0.15) is 0 Å². The molecule has 0 radical (unpaired) electrons. The summed E-state index contributed by atoms with van der Waals surface area (Å²) in [6, 6.07) is 3.69. The molecule has 9 rings (SSSR count). The monoisotopic (exact) mass is 1910 g/mol. The number of phenolic OH excluding ortho intramolecular Hbond substituents is 2. The number of nitrogens with zero attached hydrogens (tertiary/aromatic N) is 5. The third kappa shape index (κ3) is 29.4. The third-order valence-electron chi connectivity index (χ3n) is 23.6. The highest BCUT2D eigenvalue weighted by Gasteiger charge is 2.47. The molecule has 16 amide bonds. The number of likely N-dealkylation sites (N-methyl/N-ethyl adjacent to an activating group) is 3. The molecule has 4 heterocycles. The van der Waals surface area contributed by atoms with Crippen LogP contribution in [0.2, 0.25) is 0 Å². The number of hydrogen-bond donors (Lipinski definition) is 16. The van der Waals surface area contributed by atoms with Gasteiger partial charge in [-0.25, -0.2) is 13.2 Å². The summed E-state index contributed by atoms with van der Waals surface area (Å²) in [5.74, 6) is -28.6. The number of nitrogens with one attached hydrogen (secondary N) is 10. The molecule has 0 aliphatic carbocycles. The van der Waals surface area contributed by atoms with Crippen molar-refractivity contribution in [1.29, 1.82) is 0 Å². The van der Waals surface area contributed by atoms with E-state index < -0.39 is 303 Å². The van der Waals surface area contributed by atoms with Crippen molar-refractivity contribution in [2.75, 3.05) is 65.5 Å². The molecule has 0 saturated carbocycles. The third-order valence-corrected chi connectivity index (χ3v) is 24.6. The van der Waals surface area contributed by atoms with E-state index in [0.29, 0.717) is 52.3 Å². The summed E-state index contributed by atoms with van der Waals surface area (Å²) in [5, 5.41) is 64.5. The number of aromatic nitrogens is 1. The average Bonchev–Trinajstić information content (AvgIpc) is 1.47. The number of aliphatic carboxylic acids is 2. The fourth-order valence-electron chi connectivity index (χ4n) is 16.1. The number of carboxylic acid groups (broad SMARTS) is 2. The number of carbonyl (C=O) groups excluding carboxylic acids is 16. The Morgan fingerprint density at radius 3 is 1.68 bits per heavy atom. The predicted octanol–water partition coefficient (Wildman–Crippen LogP) is -0.113. The molecule has 3 saturated heterocycles. The van der Waals surface area contributed by atoms with Crippen LogP contribution in [0.15, 0.2) is 121 Å². The number of aromatic amines is 1. The minimum atomic E-state index is -2.00. The standard InChI is InChI=1S/C92H114F3N17O23S/c1-7-8-19-69-91(133)111-33-14-20-68(111)85(127)105-65(43-77(120)121)84(126)107-79(49(2)3)92(134)109(5)70(40-50-15-10-9-11-16-50)86(128)102-62(30-32-76(118)119)89(131)112-34-35-135-46-72(112)87(129)104-64(42-54-44-98-60-18-13-12-17-57(54)60)83(125)103-63(38-51-21-25-55(113)26-22-51)82(124)101-61(29-31-73(96)115)81(123)106-67(80(122)99-45-74(97)116)47-136-48-75(117)100-66(39-53-36-58(93)78(95)59(94)37-53)88(130)110(6)71(90(132)108(69)4)41-52-23-27-56(114)28-24-52/h9-13,15-18,21-28,36-37,44,49,61-72,79,98,113-114H,7-8,14,19-20,29-35,38-43,45-48H2,1-6H3,(H2,96,115)(H2,97,116)(H,99,122)(H,100,117)(H,101,124)(H,102,128)(H,103,125)(H,104,129)(H,105,127)(H,106,123)(H,107,126)(H,118,119)(H,120,121)/t61-,62-,63-,64+,65-,66-,67-,68+,69-,70-,71-,72+,79+/m0/s1. The van der Waals surface area contributed by atoms with Crippen LogP contribution in [0.25, 0.3) is 10.9 Å². The highest BCUT2D eigenvalue weighted by atomic mass is 32.2. The molecular formula is C92H114F3N17O23S. The first kappa shape index (κ1) is 105. The van der Waals surface area contributed by atoms with E-state index >= 15 is 51.9 Å². The maximum Gasteiger partial charge on any atom is 0.305 e. The minimum absolute atomic E-state index is 0.0944. The number of primary amides is 2. The van der Waals surface area contributed by atoms with E-state index in [-0.39, 0.29) is 67.9 Å². The predicted molar refractivity (Wildman–Crippen MR) is 483 cm³/mol. The Morgan fingerprint density at radius 2 is 1.05 bits per heavy atom. The summed E-state index contributed by atoms with van der Waals surface area (Å²) in [4.78, 5) is 271. The number of unbranched alkanes of at least 4 members (excludes halogenated alkanes) is 1. The topological polar surface area (TPSA) is 590 Å². The summed E-state index contributed by atoms with van der Waals surface area (Å²) in [5.41, 5.74) is 12.5. The van der Waals surface area contributed by atoms with Crippen molar-refractivity contribution in [3.63, 3.8) is 0 Å². The number of carbonyl (C=O) groups is 18. The Bertz CT molecular complexity index is 5350. The van der Waals surface area contributed by atoms with E-state index in [1.165, 1.54) is 82.7 Å². The highest BCUT2D eigenvalue weighted by Crippen LogP contribution is 2.28. The van der Waals surface area contributed by atoms with E-state index in [1.807, 2.05) is 0 Å². The van der Waals surface area contributed by atoms with Crippen LogP contribution in [-0.2, 0) is 123 Å². The fourth-order valence-corrected chi connectivity index (χ4v) is 17.0. The van der Waals surface area contributed by atoms with Gasteiger partial charge in [0.05, 0.1) is 31.9 Å². The van der Waals surface area contributed by atoms with Gasteiger partial charge in [0.25, 0.3) is 0 Å². The Balaban J connectivity index is 1.15.